The van der Waals surface area contributed by atoms with E-state index in [0.29, 0.717) is 5.69 Å². The van der Waals surface area contributed by atoms with Crippen LogP contribution in [-0.2, 0) is 4.79 Å². The molecule has 1 aromatic carbocycles. The Morgan fingerprint density at radius 2 is 1.96 bits per heavy atom. The predicted molar refractivity (Wildman–Crippen MR) is 95.4 cm³/mol. The Bertz CT molecular complexity index is 736. The standard InChI is InChI=1S/C17H22N4O2S/c1-11-6-7-12(2)14(8-11)21(9-15(22)18-17(3,4)5)16(23)13-10-24-20-19-13/h6-8,10H,9H2,1-5H3,(H,18,22). The van der Waals surface area contributed by atoms with Crippen molar-refractivity contribution in [2.24, 2.45) is 0 Å². The molecule has 0 radical (unpaired) electrons. The van der Waals surface area contributed by atoms with Crippen LogP contribution < -0.4 is 10.2 Å². The average Bonchev–Trinajstić information content (AvgIpc) is 2.99. The molecule has 0 atom stereocenters. The summed E-state index contributed by atoms with van der Waals surface area (Å²) in [5.41, 5.74) is 2.51. The van der Waals surface area contributed by atoms with Gasteiger partial charge in [0.25, 0.3) is 5.91 Å². The highest BCUT2D eigenvalue weighted by molar-refractivity contribution is 7.03. The van der Waals surface area contributed by atoms with Gasteiger partial charge in [0, 0.05) is 16.6 Å². The van der Waals surface area contributed by atoms with Gasteiger partial charge in [0.15, 0.2) is 5.69 Å². The smallest absolute Gasteiger partial charge is 0.280 e. The van der Waals surface area contributed by atoms with Crippen molar-refractivity contribution in [2.45, 2.75) is 40.2 Å². The molecule has 0 aliphatic heterocycles. The van der Waals surface area contributed by atoms with Crippen molar-refractivity contribution in [3.8, 4) is 0 Å². The third-order valence-corrected chi connectivity index (χ3v) is 3.80. The lowest BCUT2D eigenvalue weighted by Gasteiger charge is -2.26. The number of anilines is 1. The van der Waals surface area contributed by atoms with Gasteiger partial charge in [-0.05, 0) is 63.3 Å². The van der Waals surface area contributed by atoms with E-state index in [-0.39, 0.29) is 29.6 Å². The fraction of sp³-hybridized carbons (Fsp3) is 0.412. The third-order valence-electron chi connectivity index (χ3n) is 3.30. The molecule has 2 amide bonds. The second kappa shape index (κ2) is 7.09. The zero-order valence-electron chi connectivity index (χ0n) is 14.6. The fourth-order valence-electron chi connectivity index (χ4n) is 2.27. The summed E-state index contributed by atoms with van der Waals surface area (Å²) < 4.78 is 3.74. The molecule has 1 aromatic heterocycles. The molecule has 0 unspecified atom stereocenters. The van der Waals surface area contributed by atoms with E-state index in [1.54, 1.807) is 5.38 Å². The molecule has 2 aromatic rings. The quantitative estimate of drug-likeness (QED) is 0.923. The maximum absolute atomic E-state index is 12.8. The SMILES string of the molecule is Cc1ccc(C)c(N(CC(=O)NC(C)(C)C)C(=O)c2csnn2)c1. The Morgan fingerprint density at radius 3 is 2.54 bits per heavy atom. The number of aromatic nitrogens is 2. The van der Waals surface area contributed by atoms with E-state index < -0.39 is 0 Å². The molecule has 0 aliphatic carbocycles. The molecule has 0 spiro atoms. The van der Waals surface area contributed by atoms with Crippen LogP contribution in [0.5, 0.6) is 0 Å². The molecule has 24 heavy (non-hydrogen) atoms. The molecule has 0 bridgehead atoms. The second-order valence-corrected chi connectivity index (χ2v) is 7.38. The van der Waals surface area contributed by atoms with Gasteiger partial charge >= 0.3 is 0 Å². The monoisotopic (exact) mass is 346 g/mol. The lowest BCUT2D eigenvalue weighted by atomic mass is 10.1. The highest BCUT2D eigenvalue weighted by Gasteiger charge is 2.25. The summed E-state index contributed by atoms with van der Waals surface area (Å²) in [6.45, 7) is 9.50. The van der Waals surface area contributed by atoms with Gasteiger partial charge in [-0.3, -0.25) is 14.5 Å². The van der Waals surface area contributed by atoms with Crippen molar-refractivity contribution in [3.05, 3.63) is 40.4 Å². The highest BCUT2D eigenvalue weighted by Crippen LogP contribution is 2.23. The Balaban J connectivity index is 2.36. The number of rotatable bonds is 4. The Labute approximate surface area is 146 Å². The van der Waals surface area contributed by atoms with Gasteiger partial charge in [-0.15, -0.1) is 5.10 Å². The molecule has 7 heteroatoms. The van der Waals surface area contributed by atoms with Crippen molar-refractivity contribution in [2.75, 3.05) is 11.4 Å². The zero-order valence-corrected chi connectivity index (χ0v) is 15.4. The summed E-state index contributed by atoms with van der Waals surface area (Å²) in [6.07, 6.45) is 0. The molecule has 1 N–H and O–H groups in total. The van der Waals surface area contributed by atoms with Crippen molar-refractivity contribution in [3.63, 3.8) is 0 Å². The molecular weight excluding hydrogens is 324 g/mol. The summed E-state index contributed by atoms with van der Waals surface area (Å²) in [4.78, 5) is 26.7. The average molecular weight is 346 g/mol. The number of carbonyl (C=O) groups excluding carboxylic acids is 2. The van der Waals surface area contributed by atoms with Crippen molar-refractivity contribution >= 4 is 29.0 Å². The first-order valence-corrected chi connectivity index (χ1v) is 8.48. The van der Waals surface area contributed by atoms with Crippen molar-refractivity contribution < 1.29 is 9.59 Å². The Morgan fingerprint density at radius 1 is 1.25 bits per heavy atom. The molecule has 128 valence electrons. The van der Waals surface area contributed by atoms with Gasteiger partial charge in [0.2, 0.25) is 5.91 Å². The number of hydrogen-bond acceptors (Lipinski definition) is 5. The Hall–Kier alpha value is -2.28. The largest absolute Gasteiger partial charge is 0.350 e. The van der Waals surface area contributed by atoms with Crippen LogP contribution in [0.3, 0.4) is 0 Å². The van der Waals surface area contributed by atoms with Gasteiger partial charge in [-0.25, -0.2) is 0 Å². The van der Waals surface area contributed by atoms with Crippen molar-refractivity contribution in [1.29, 1.82) is 0 Å². The minimum atomic E-state index is -0.365. The number of hydrogen-bond donors (Lipinski definition) is 1. The number of aryl methyl sites for hydroxylation is 2. The summed E-state index contributed by atoms with van der Waals surface area (Å²) in [5, 5.41) is 8.31. The maximum Gasteiger partial charge on any atom is 0.280 e. The van der Waals surface area contributed by atoms with E-state index in [1.807, 2.05) is 52.8 Å². The maximum atomic E-state index is 12.8. The second-order valence-electron chi connectivity index (χ2n) is 6.77. The van der Waals surface area contributed by atoms with Gasteiger partial charge < -0.3 is 5.32 Å². The number of carbonyl (C=O) groups is 2. The van der Waals surface area contributed by atoms with Gasteiger partial charge in [0.1, 0.15) is 6.54 Å². The van der Waals surface area contributed by atoms with Gasteiger partial charge in [-0.2, -0.15) is 0 Å². The minimum Gasteiger partial charge on any atom is -0.350 e. The molecule has 6 nitrogen and oxygen atoms in total. The molecule has 2 rings (SSSR count). The van der Waals surface area contributed by atoms with Crippen LogP contribution in [0, 0.1) is 13.8 Å². The highest BCUT2D eigenvalue weighted by atomic mass is 32.1. The minimum absolute atomic E-state index is 0.0715. The van der Waals surface area contributed by atoms with Crippen LogP contribution in [0.15, 0.2) is 23.6 Å². The fourth-order valence-corrected chi connectivity index (χ4v) is 2.70. The lowest BCUT2D eigenvalue weighted by Crippen LogP contribution is -2.47. The first-order valence-electron chi connectivity index (χ1n) is 7.64. The molecule has 0 aliphatic rings. The number of nitrogens with one attached hydrogen (secondary N) is 1. The van der Waals surface area contributed by atoms with E-state index >= 15 is 0 Å². The van der Waals surface area contributed by atoms with E-state index in [4.69, 9.17) is 0 Å². The van der Waals surface area contributed by atoms with Gasteiger partial charge in [0.05, 0.1) is 0 Å². The number of benzene rings is 1. The van der Waals surface area contributed by atoms with E-state index in [2.05, 4.69) is 14.9 Å². The third kappa shape index (κ3) is 4.61. The molecule has 0 fully saturated rings. The van der Waals surface area contributed by atoms with Crippen LogP contribution in [0.25, 0.3) is 0 Å². The van der Waals surface area contributed by atoms with Crippen LogP contribution in [0.1, 0.15) is 42.4 Å². The van der Waals surface area contributed by atoms with Gasteiger partial charge in [-0.1, -0.05) is 16.6 Å². The molecule has 0 saturated carbocycles. The first kappa shape index (κ1) is 18.1. The summed E-state index contributed by atoms with van der Waals surface area (Å²) in [5.74, 6) is -0.554. The van der Waals surface area contributed by atoms with Crippen LogP contribution in [0.4, 0.5) is 5.69 Å². The number of nitrogens with zero attached hydrogens (tertiary/aromatic N) is 3. The van der Waals surface area contributed by atoms with Crippen LogP contribution >= 0.6 is 11.5 Å². The van der Waals surface area contributed by atoms with E-state index in [1.165, 1.54) is 4.90 Å². The molecular formula is C17H22N4O2S. The number of amides is 2. The van der Waals surface area contributed by atoms with Crippen LogP contribution in [-0.4, -0.2) is 33.5 Å². The zero-order chi connectivity index (χ0) is 17.9. The van der Waals surface area contributed by atoms with E-state index in [0.717, 1.165) is 22.7 Å². The van der Waals surface area contributed by atoms with E-state index in [9.17, 15) is 9.59 Å². The molecule has 0 saturated heterocycles. The summed E-state index contributed by atoms with van der Waals surface area (Å²) >= 11 is 1.11. The lowest BCUT2D eigenvalue weighted by molar-refractivity contribution is -0.121. The summed E-state index contributed by atoms with van der Waals surface area (Å²) in [7, 11) is 0. The van der Waals surface area contributed by atoms with Crippen molar-refractivity contribution in [1.82, 2.24) is 14.9 Å². The summed E-state index contributed by atoms with van der Waals surface area (Å²) in [6, 6.07) is 5.81. The normalized spacial score (nSPS) is 11.2. The predicted octanol–water partition coefficient (Wildman–Crippen LogP) is 2.72. The Kier molecular flexibility index (Phi) is 5.33. The molecule has 1 heterocycles. The van der Waals surface area contributed by atoms with Crippen LogP contribution in [0.2, 0.25) is 0 Å². The topological polar surface area (TPSA) is 75.2 Å². The first-order chi connectivity index (χ1) is 11.2.